The lowest BCUT2D eigenvalue weighted by Gasteiger charge is -2.17. The summed E-state index contributed by atoms with van der Waals surface area (Å²) in [5, 5.41) is 0.507. The quantitative estimate of drug-likeness (QED) is 0.690. The lowest BCUT2D eigenvalue weighted by molar-refractivity contribution is 0.415. The van der Waals surface area contributed by atoms with E-state index in [1.165, 1.54) is 5.56 Å². The van der Waals surface area contributed by atoms with E-state index in [1.54, 1.807) is 13.4 Å². The van der Waals surface area contributed by atoms with Crippen LogP contribution in [-0.2, 0) is 0 Å². The van der Waals surface area contributed by atoms with Gasteiger partial charge in [0.25, 0.3) is 0 Å². The molecule has 0 N–H and O–H groups in total. The summed E-state index contributed by atoms with van der Waals surface area (Å²) < 4.78 is 7.31. The Kier molecular flexibility index (Phi) is 4.16. The predicted molar refractivity (Wildman–Crippen MR) is 89.5 cm³/mol. The van der Waals surface area contributed by atoms with Gasteiger partial charge in [-0.3, -0.25) is 0 Å². The molecular weight excluding hydrogens is 296 g/mol. The van der Waals surface area contributed by atoms with Crippen LogP contribution in [0.15, 0.2) is 60.9 Å². The molecule has 0 saturated heterocycles. The van der Waals surface area contributed by atoms with E-state index in [9.17, 15) is 0 Å². The van der Waals surface area contributed by atoms with Gasteiger partial charge >= 0.3 is 0 Å². The molecule has 2 aromatic carbocycles. The molecule has 3 rings (SSSR count). The van der Waals surface area contributed by atoms with Crippen molar-refractivity contribution in [2.75, 3.05) is 7.11 Å². The first-order valence-corrected chi connectivity index (χ1v) is 7.50. The maximum Gasteiger partial charge on any atom is 0.155 e. The SMILES string of the molecule is COc1ccc(-c2c(Cl)ncn2[C@@H](C)c2ccccc2)cc1. The van der Waals surface area contributed by atoms with Gasteiger partial charge in [0.15, 0.2) is 5.15 Å². The van der Waals surface area contributed by atoms with Crippen LogP contribution in [0.5, 0.6) is 5.75 Å². The van der Waals surface area contributed by atoms with Crippen molar-refractivity contribution in [1.29, 1.82) is 0 Å². The fraction of sp³-hybridized carbons (Fsp3) is 0.167. The van der Waals surface area contributed by atoms with Gasteiger partial charge in [-0.1, -0.05) is 41.9 Å². The van der Waals surface area contributed by atoms with Gasteiger partial charge in [-0.15, -0.1) is 0 Å². The lowest BCUT2D eigenvalue weighted by atomic mass is 10.1. The molecule has 0 aliphatic carbocycles. The second kappa shape index (κ2) is 6.24. The molecule has 1 atom stereocenters. The summed E-state index contributed by atoms with van der Waals surface area (Å²) in [5.41, 5.74) is 3.15. The number of rotatable bonds is 4. The summed E-state index contributed by atoms with van der Waals surface area (Å²) in [6, 6.07) is 18.3. The van der Waals surface area contributed by atoms with Crippen molar-refractivity contribution in [2.24, 2.45) is 0 Å². The van der Waals surface area contributed by atoms with E-state index in [2.05, 4.69) is 28.6 Å². The van der Waals surface area contributed by atoms with Crippen LogP contribution in [0.25, 0.3) is 11.3 Å². The lowest BCUT2D eigenvalue weighted by Crippen LogP contribution is -2.07. The maximum absolute atomic E-state index is 6.32. The molecule has 0 aliphatic rings. The molecule has 0 amide bonds. The van der Waals surface area contributed by atoms with E-state index in [0.29, 0.717) is 5.15 Å². The minimum Gasteiger partial charge on any atom is -0.497 e. The molecule has 0 radical (unpaired) electrons. The predicted octanol–water partition coefficient (Wildman–Crippen LogP) is 4.82. The molecule has 3 aromatic rings. The van der Waals surface area contributed by atoms with Crippen LogP contribution in [0.2, 0.25) is 5.15 Å². The Bertz CT molecular complexity index is 751. The summed E-state index contributed by atoms with van der Waals surface area (Å²) in [5.74, 6) is 0.821. The largest absolute Gasteiger partial charge is 0.497 e. The van der Waals surface area contributed by atoms with Crippen LogP contribution in [0.4, 0.5) is 0 Å². The van der Waals surface area contributed by atoms with Gasteiger partial charge in [0.2, 0.25) is 0 Å². The molecule has 3 nitrogen and oxygen atoms in total. The van der Waals surface area contributed by atoms with Crippen molar-refractivity contribution < 1.29 is 4.74 Å². The van der Waals surface area contributed by atoms with Crippen molar-refractivity contribution in [2.45, 2.75) is 13.0 Å². The third-order valence-electron chi connectivity index (χ3n) is 3.81. The monoisotopic (exact) mass is 312 g/mol. The Morgan fingerprint density at radius 3 is 2.36 bits per heavy atom. The average molecular weight is 313 g/mol. The van der Waals surface area contributed by atoms with E-state index in [0.717, 1.165) is 17.0 Å². The van der Waals surface area contributed by atoms with Crippen molar-refractivity contribution in [3.63, 3.8) is 0 Å². The number of hydrogen-bond acceptors (Lipinski definition) is 2. The molecule has 0 fully saturated rings. The summed E-state index contributed by atoms with van der Waals surface area (Å²) >= 11 is 6.32. The fourth-order valence-corrected chi connectivity index (χ4v) is 2.79. The topological polar surface area (TPSA) is 27.1 Å². The summed E-state index contributed by atoms with van der Waals surface area (Å²) in [7, 11) is 1.66. The first-order valence-electron chi connectivity index (χ1n) is 7.12. The van der Waals surface area contributed by atoms with Crippen molar-refractivity contribution in [1.82, 2.24) is 9.55 Å². The highest BCUT2D eigenvalue weighted by Crippen LogP contribution is 2.32. The number of hydrogen-bond donors (Lipinski definition) is 0. The van der Waals surface area contributed by atoms with Crippen LogP contribution < -0.4 is 4.74 Å². The van der Waals surface area contributed by atoms with Crippen LogP contribution >= 0.6 is 11.6 Å². The molecule has 1 aromatic heterocycles. The van der Waals surface area contributed by atoms with Gasteiger partial charge in [-0.25, -0.2) is 4.98 Å². The second-order valence-corrected chi connectivity index (χ2v) is 5.46. The summed E-state index contributed by atoms with van der Waals surface area (Å²) in [6.07, 6.45) is 1.79. The second-order valence-electron chi connectivity index (χ2n) is 5.11. The standard InChI is InChI=1S/C18H17ClN2O/c1-13(14-6-4-3-5-7-14)21-12-20-18(19)17(21)15-8-10-16(22-2)11-9-15/h3-13H,1-2H3/t13-/m0/s1. The normalized spacial score (nSPS) is 12.1. The molecule has 0 saturated carbocycles. The van der Waals surface area contributed by atoms with E-state index >= 15 is 0 Å². The molecule has 0 bridgehead atoms. The van der Waals surface area contributed by atoms with E-state index < -0.39 is 0 Å². The Morgan fingerprint density at radius 2 is 1.73 bits per heavy atom. The van der Waals surface area contributed by atoms with Gasteiger partial charge in [-0.2, -0.15) is 0 Å². The van der Waals surface area contributed by atoms with Gasteiger partial charge in [0.05, 0.1) is 25.2 Å². The molecule has 4 heteroatoms. The van der Waals surface area contributed by atoms with Crippen LogP contribution in [-0.4, -0.2) is 16.7 Å². The highest BCUT2D eigenvalue weighted by molar-refractivity contribution is 6.31. The van der Waals surface area contributed by atoms with Crippen molar-refractivity contribution in [3.05, 3.63) is 71.6 Å². The van der Waals surface area contributed by atoms with Crippen LogP contribution in [0, 0.1) is 0 Å². The summed E-state index contributed by atoms with van der Waals surface area (Å²) in [4.78, 5) is 4.28. The third kappa shape index (κ3) is 2.72. The Hall–Kier alpha value is -2.26. The van der Waals surface area contributed by atoms with Crippen molar-refractivity contribution >= 4 is 11.6 Å². The van der Waals surface area contributed by atoms with E-state index in [-0.39, 0.29) is 6.04 Å². The molecular formula is C18H17ClN2O. The van der Waals surface area contributed by atoms with Gasteiger partial charge < -0.3 is 9.30 Å². The zero-order valence-corrected chi connectivity index (χ0v) is 13.3. The summed E-state index contributed by atoms with van der Waals surface area (Å²) in [6.45, 7) is 2.14. The minimum absolute atomic E-state index is 0.151. The first kappa shape index (κ1) is 14.7. The molecule has 0 spiro atoms. The Balaban J connectivity index is 2.03. The highest BCUT2D eigenvalue weighted by atomic mass is 35.5. The Morgan fingerprint density at radius 1 is 1.05 bits per heavy atom. The molecule has 22 heavy (non-hydrogen) atoms. The number of halogens is 1. The van der Waals surface area contributed by atoms with Gasteiger partial charge in [-0.05, 0) is 36.8 Å². The zero-order chi connectivity index (χ0) is 15.5. The average Bonchev–Trinajstić information content (AvgIpc) is 2.96. The zero-order valence-electron chi connectivity index (χ0n) is 12.5. The number of imidazole rings is 1. The number of benzene rings is 2. The first-order chi connectivity index (χ1) is 10.7. The number of nitrogens with zero attached hydrogens (tertiary/aromatic N) is 2. The van der Waals surface area contributed by atoms with Crippen LogP contribution in [0.1, 0.15) is 18.5 Å². The number of methoxy groups -OCH3 is 1. The fourth-order valence-electron chi connectivity index (χ4n) is 2.54. The molecule has 112 valence electrons. The molecule has 1 heterocycles. The number of ether oxygens (including phenoxy) is 1. The van der Waals surface area contributed by atoms with Crippen LogP contribution in [0.3, 0.4) is 0 Å². The maximum atomic E-state index is 6.32. The Labute approximate surface area is 135 Å². The van der Waals surface area contributed by atoms with E-state index in [4.69, 9.17) is 16.3 Å². The van der Waals surface area contributed by atoms with Crippen molar-refractivity contribution in [3.8, 4) is 17.0 Å². The highest BCUT2D eigenvalue weighted by Gasteiger charge is 2.17. The van der Waals surface area contributed by atoms with E-state index in [1.807, 2.05) is 42.5 Å². The minimum atomic E-state index is 0.151. The molecule has 0 unspecified atom stereocenters. The smallest absolute Gasteiger partial charge is 0.155 e. The third-order valence-corrected chi connectivity index (χ3v) is 4.09. The molecule has 0 aliphatic heterocycles. The van der Waals surface area contributed by atoms with Gasteiger partial charge in [0, 0.05) is 5.56 Å². The van der Waals surface area contributed by atoms with Gasteiger partial charge in [0.1, 0.15) is 5.75 Å². The number of aromatic nitrogens is 2.